The standard InChI is InChI=1S/C18H36N8O8/c19-11(15(27)28)23-3-1-2-4-24(12(20)16(29)30)6-8-26(14(22)18(33)34)10-9-25(7-5-23)13(21)17(31)32/h11-14H,1-10,19-22H2,(H,27,28)(H,29,30)(H,31,32)(H,33,34). The van der Waals surface area contributed by atoms with E-state index in [1.807, 2.05) is 0 Å². The van der Waals surface area contributed by atoms with Crippen LogP contribution in [0.3, 0.4) is 0 Å². The van der Waals surface area contributed by atoms with Gasteiger partial charge in [0.05, 0.1) is 0 Å². The molecule has 4 atom stereocenters. The fourth-order valence-electron chi connectivity index (χ4n) is 3.59. The fraction of sp³-hybridized carbons (Fsp3) is 0.778. The number of hydrogen-bond donors (Lipinski definition) is 8. The first-order chi connectivity index (χ1) is 15.9. The van der Waals surface area contributed by atoms with Crippen LogP contribution in [0.2, 0.25) is 0 Å². The second-order valence-corrected chi connectivity index (χ2v) is 7.98. The molecule has 1 rings (SSSR count). The van der Waals surface area contributed by atoms with Gasteiger partial charge in [-0.2, -0.15) is 0 Å². The Kier molecular flexibility index (Phi) is 12.2. The molecule has 0 aromatic heterocycles. The van der Waals surface area contributed by atoms with Gasteiger partial charge in [0.2, 0.25) is 0 Å². The number of carbonyl (C=O) groups is 4. The molecule has 1 aliphatic heterocycles. The van der Waals surface area contributed by atoms with E-state index in [4.69, 9.17) is 22.9 Å². The Labute approximate surface area is 196 Å². The van der Waals surface area contributed by atoms with E-state index >= 15 is 0 Å². The lowest BCUT2D eigenvalue weighted by atomic mass is 10.2. The molecule has 4 unspecified atom stereocenters. The number of nitrogens with zero attached hydrogens (tertiary/aromatic N) is 4. The Morgan fingerprint density at radius 3 is 0.794 bits per heavy atom. The van der Waals surface area contributed by atoms with Crippen molar-refractivity contribution in [2.24, 2.45) is 22.9 Å². The molecule has 16 nitrogen and oxygen atoms in total. The molecule has 0 bridgehead atoms. The molecular formula is C18H36N8O8. The maximum absolute atomic E-state index is 11.5. The number of carboxylic acids is 4. The van der Waals surface area contributed by atoms with E-state index in [0.29, 0.717) is 12.8 Å². The van der Waals surface area contributed by atoms with Gasteiger partial charge in [0.1, 0.15) is 0 Å². The number of nitrogens with two attached hydrogens (primary N) is 4. The Morgan fingerprint density at radius 1 is 0.441 bits per heavy atom. The van der Waals surface area contributed by atoms with Gasteiger partial charge in [0.15, 0.2) is 24.7 Å². The summed E-state index contributed by atoms with van der Waals surface area (Å²) < 4.78 is 0. The molecule has 16 heteroatoms. The first-order valence-electron chi connectivity index (χ1n) is 10.8. The van der Waals surface area contributed by atoms with E-state index in [1.54, 1.807) is 0 Å². The van der Waals surface area contributed by atoms with Crippen molar-refractivity contribution in [3.05, 3.63) is 0 Å². The predicted molar refractivity (Wildman–Crippen MR) is 118 cm³/mol. The Hall–Kier alpha value is -2.44. The smallest absolute Gasteiger partial charge is 0.335 e. The highest BCUT2D eigenvalue weighted by Gasteiger charge is 2.29. The van der Waals surface area contributed by atoms with Gasteiger partial charge >= 0.3 is 23.9 Å². The maximum Gasteiger partial charge on any atom is 0.335 e. The van der Waals surface area contributed by atoms with Crippen molar-refractivity contribution in [1.82, 2.24) is 19.6 Å². The molecular weight excluding hydrogens is 456 g/mol. The highest BCUT2D eigenvalue weighted by atomic mass is 16.4. The van der Waals surface area contributed by atoms with Gasteiger partial charge in [0.25, 0.3) is 0 Å². The van der Waals surface area contributed by atoms with Gasteiger partial charge < -0.3 is 43.4 Å². The molecule has 0 amide bonds. The van der Waals surface area contributed by atoms with Crippen LogP contribution in [0, 0.1) is 0 Å². The SMILES string of the molecule is NC(C(=O)O)N1CCCCN(C(N)C(=O)O)CCN(C(N)C(=O)O)CCN(C(N)C(=O)O)CC1. The zero-order chi connectivity index (χ0) is 26.0. The van der Waals surface area contributed by atoms with Crippen molar-refractivity contribution in [2.75, 3.05) is 52.4 Å². The summed E-state index contributed by atoms with van der Waals surface area (Å²) in [6.45, 7) is 0.785. The summed E-state index contributed by atoms with van der Waals surface area (Å²) in [5, 5.41) is 37.4. The van der Waals surface area contributed by atoms with Crippen LogP contribution in [0.1, 0.15) is 12.8 Å². The molecule has 1 saturated heterocycles. The molecule has 34 heavy (non-hydrogen) atoms. The van der Waals surface area contributed by atoms with E-state index in [-0.39, 0.29) is 52.4 Å². The van der Waals surface area contributed by atoms with Crippen LogP contribution >= 0.6 is 0 Å². The first-order valence-corrected chi connectivity index (χ1v) is 10.8. The van der Waals surface area contributed by atoms with Crippen LogP contribution in [0.4, 0.5) is 0 Å². The van der Waals surface area contributed by atoms with Crippen LogP contribution in [-0.2, 0) is 19.2 Å². The van der Waals surface area contributed by atoms with Crippen LogP contribution in [0.15, 0.2) is 0 Å². The normalized spacial score (nSPS) is 22.7. The number of hydrogen-bond acceptors (Lipinski definition) is 12. The molecule has 0 spiro atoms. The highest BCUT2D eigenvalue weighted by molar-refractivity contribution is 5.73. The van der Waals surface area contributed by atoms with Crippen molar-refractivity contribution in [1.29, 1.82) is 0 Å². The zero-order valence-corrected chi connectivity index (χ0v) is 18.9. The van der Waals surface area contributed by atoms with Gasteiger partial charge in [-0.25, -0.2) is 19.2 Å². The molecule has 1 fully saturated rings. The number of rotatable bonds is 8. The molecule has 196 valence electrons. The van der Waals surface area contributed by atoms with Crippen molar-refractivity contribution in [2.45, 2.75) is 37.5 Å². The summed E-state index contributed by atoms with van der Waals surface area (Å²) in [4.78, 5) is 51.5. The summed E-state index contributed by atoms with van der Waals surface area (Å²) in [5.41, 5.74) is 23.1. The third kappa shape index (κ3) is 9.07. The van der Waals surface area contributed by atoms with Gasteiger partial charge in [0, 0.05) is 52.4 Å². The van der Waals surface area contributed by atoms with Crippen LogP contribution in [0.5, 0.6) is 0 Å². The predicted octanol–water partition coefficient (Wildman–Crippen LogP) is -4.53. The van der Waals surface area contributed by atoms with E-state index in [9.17, 15) is 39.6 Å². The van der Waals surface area contributed by atoms with Crippen LogP contribution in [0.25, 0.3) is 0 Å². The molecule has 1 aliphatic rings. The highest BCUT2D eigenvalue weighted by Crippen LogP contribution is 2.08. The molecule has 0 aliphatic carbocycles. The minimum atomic E-state index is -1.43. The van der Waals surface area contributed by atoms with Gasteiger partial charge in [-0.15, -0.1) is 0 Å². The topological polar surface area (TPSA) is 266 Å². The molecule has 12 N–H and O–H groups in total. The lowest BCUT2D eigenvalue weighted by Gasteiger charge is -2.35. The molecule has 0 aromatic rings. The lowest BCUT2D eigenvalue weighted by Crippen LogP contribution is -2.58. The average Bonchev–Trinajstić information content (AvgIpc) is 2.77. The third-order valence-electron chi connectivity index (χ3n) is 5.75. The van der Waals surface area contributed by atoms with Gasteiger partial charge in [-0.1, -0.05) is 0 Å². The van der Waals surface area contributed by atoms with Crippen molar-refractivity contribution in [3.8, 4) is 0 Å². The molecule has 0 saturated carbocycles. The number of carboxylic acid groups (broad SMARTS) is 4. The second-order valence-electron chi connectivity index (χ2n) is 7.98. The quantitative estimate of drug-likeness (QED) is 0.158. The number of aliphatic carboxylic acids is 4. The summed E-state index contributed by atoms with van der Waals surface area (Å²) >= 11 is 0. The summed E-state index contributed by atoms with van der Waals surface area (Å²) in [6, 6.07) is 0. The minimum absolute atomic E-state index is 0.00438. The van der Waals surface area contributed by atoms with Crippen molar-refractivity contribution >= 4 is 23.9 Å². The summed E-state index contributed by atoms with van der Waals surface area (Å²) in [7, 11) is 0. The molecule has 0 aromatic carbocycles. The van der Waals surface area contributed by atoms with E-state index in [2.05, 4.69) is 0 Å². The van der Waals surface area contributed by atoms with Crippen molar-refractivity contribution < 1.29 is 39.6 Å². The third-order valence-corrected chi connectivity index (χ3v) is 5.75. The second kappa shape index (κ2) is 14.1. The van der Waals surface area contributed by atoms with Gasteiger partial charge in [-0.3, -0.25) is 19.6 Å². The fourth-order valence-corrected chi connectivity index (χ4v) is 3.59. The molecule has 1 heterocycles. The molecule has 0 radical (unpaired) electrons. The first kappa shape index (κ1) is 29.6. The Bertz CT molecular complexity index is 655. The summed E-state index contributed by atoms with van der Waals surface area (Å²) in [5.74, 6) is -5.16. The zero-order valence-electron chi connectivity index (χ0n) is 18.9. The maximum atomic E-state index is 11.5. The van der Waals surface area contributed by atoms with Gasteiger partial charge in [-0.05, 0) is 12.8 Å². The monoisotopic (exact) mass is 492 g/mol. The van der Waals surface area contributed by atoms with Crippen LogP contribution in [-0.4, -0.2) is 141 Å². The lowest BCUT2D eigenvalue weighted by molar-refractivity contribution is -0.146. The summed E-state index contributed by atoms with van der Waals surface area (Å²) in [6.07, 6.45) is -4.65. The van der Waals surface area contributed by atoms with E-state index < -0.39 is 48.5 Å². The Morgan fingerprint density at radius 2 is 0.618 bits per heavy atom. The van der Waals surface area contributed by atoms with E-state index in [1.165, 1.54) is 19.6 Å². The van der Waals surface area contributed by atoms with E-state index in [0.717, 1.165) is 0 Å². The minimum Gasteiger partial charge on any atom is -0.479 e. The van der Waals surface area contributed by atoms with Crippen LogP contribution < -0.4 is 22.9 Å². The largest absolute Gasteiger partial charge is 0.479 e. The Balaban J connectivity index is 3.21. The average molecular weight is 493 g/mol. The van der Waals surface area contributed by atoms with Crippen molar-refractivity contribution in [3.63, 3.8) is 0 Å².